The van der Waals surface area contributed by atoms with Crippen LogP contribution < -0.4 is 5.32 Å². The van der Waals surface area contributed by atoms with E-state index >= 15 is 0 Å². The maximum Gasteiger partial charge on any atom is 0.00967 e. The zero-order chi connectivity index (χ0) is 15.5. The van der Waals surface area contributed by atoms with Crippen LogP contribution in [0.1, 0.15) is 73.1 Å². The second-order valence-corrected chi connectivity index (χ2v) is 9.10. The highest BCUT2D eigenvalue weighted by Gasteiger charge is 2.38. The quantitative estimate of drug-likeness (QED) is 0.813. The third-order valence-corrected chi connectivity index (χ3v) is 5.69. The molecule has 1 aliphatic carbocycles. The van der Waals surface area contributed by atoms with Crippen molar-refractivity contribution in [3.05, 3.63) is 0 Å². The topological polar surface area (TPSA) is 15.3 Å². The van der Waals surface area contributed by atoms with Crippen molar-refractivity contribution in [2.75, 3.05) is 26.2 Å². The van der Waals surface area contributed by atoms with Crippen molar-refractivity contribution in [3.63, 3.8) is 0 Å². The molecule has 0 radical (unpaired) electrons. The minimum Gasteiger partial charge on any atom is -0.311 e. The summed E-state index contributed by atoms with van der Waals surface area (Å²) >= 11 is 0. The Bertz CT molecular complexity index is 320. The van der Waals surface area contributed by atoms with E-state index in [-0.39, 0.29) is 5.54 Å². The van der Waals surface area contributed by atoms with Gasteiger partial charge in [-0.15, -0.1) is 0 Å². The predicted molar refractivity (Wildman–Crippen MR) is 92.7 cm³/mol. The third kappa shape index (κ3) is 5.25. The van der Waals surface area contributed by atoms with Crippen LogP contribution in [0, 0.1) is 17.3 Å². The second-order valence-electron chi connectivity index (χ2n) is 9.10. The summed E-state index contributed by atoms with van der Waals surface area (Å²) < 4.78 is 0. The molecule has 2 rings (SSSR count). The molecule has 3 unspecified atom stereocenters. The molecular formula is C19H38N2. The van der Waals surface area contributed by atoms with Gasteiger partial charge in [0, 0.05) is 25.2 Å². The summed E-state index contributed by atoms with van der Waals surface area (Å²) in [5.74, 6) is 1.86. The average molecular weight is 295 g/mol. The molecule has 0 aromatic heterocycles. The molecule has 2 aliphatic rings. The number of hydrogen-bond donors (Lipinski definition) is 1. The number of likely N-dealkylation sites (tertiary alicyclic amines) is 1. The first-order valence-electron chi connectivity index (χ1n) is 9.29. The third-order valence-electron chi connectivity index (χ3n) is 5.69. The summed E-state index contributed by atoms with van der Waals surface area (Å²) in [7, 11) is 0. The largest absolute Gasteiger partial charge is 0.311 e. The fourth-order valence-corrected chi connectivity index (χ4v) is 4.45. The molecule has 1 aliphatic heterocycles. The van der Waals surface area contributed by atoms with Gasteiger partial charge in [-0.05, 0) is 63.8 Å². The summed E-state index contributed by atoms with van der Waals surface area (Å²) in [6, 6.07) is 0. The van der Waals surface area contributed by atoms with Crippen LogP contribution in [0.2, 0.25) is 0 Å². The zero-order valence-electron chi connectivity index (χ0n) is 15.2. The first-order chi connectivity index (χ1) is 9.82. The van der Waals surface area contributed by atoms with Crippen LogP contribution in [0.4, 0.5) is 0 Å². The highest BCUT2D eigenvalue weighted by atomic mass is 15.2. The van der Waals surface area contributed by atoms with Crippen LogP contribution in [-0.2, 0) is 0 Å². The molecule has 1 heterocycles. The maximum atomic E-state index is 3.83. The average Bonchev–Trinajstić information content (AvgIpc) is 2.83. The monoisotopic (exact) mass is 294 g/mol. The van der Waals surface area contributed by atoms with Gasteiger partial charge in [0.1, 0.15) is 0 Å². The van der Waals surface area contributed by atoms with Crippen LogP contribution >= 0.6 is 0 Å². The van der Waals surface area contributed by atoms with Crippen molar-refractivity contribution in [1.82, 2.24) is 10.2 Å². The van der Waals surface area contributed by atoms with E-state index < -0.39 is 0 Å². The SMILES string of the molecule is CCC1CCN(CC2(CNC(C)(C)C)CCCC(C)C2)C1. The molecule has 124 valence electrons. The molecule has 1 N–H and O–H groups in total. The molecule has 1 saturated heterocycles. The zero-order valence-corrected chi connectivity index (χ0v) is 15.2. The Labute approximate surface area is 133 Å². The highest BCUT2D eigenvalue weighted by Crippen LogP contribution is 2.40. The van der Waals surface area contributed by atoms with Crippen LogP contribution in [0.5, 0.6) is 0 Å². The Balaban J connectivity index is 1.98. The van der Waals surface area contributed by atoms with Crippen molar-refractivity contribution in [2.24, 2.45) is 17.3 Å². The van der Waals surface area contributed by atoms with E-state index in [4.69, 9.17) is 0 Å². The van der Waals surface area contributed by atoms with E-state index in [2.05, 4.69) is 44.8 Å². The molecule has 0 spiro atoms. The van der Waals surface area contributed by atoms with Gasteiger partial charge in [0.25, 0.3) is 0 Å². The van der Waals surface area contributed by atoms with Crippen LogP contribution in [0.15, 0.2) is 0 Å². The van der Waals surface area contributed by atoms with Crippen LogP contribution in [0.25, 0.3) is 0 Å². The molecule has 2 nitrogen and oxygen atoms in total. The Morgan fingerprint density at radius 1 is 1.24 bits per heavy atom. The molecule has 2 fully saturated rings. The van der Waals surface area contributed by atoms with E-state index in [1.165, 1.54) is 64.7 Å². The lowest BCUT2D eigenvalue weighted by atomic mass is 9.69. The lowest BCUT2D eigenvalue weighted by Crippen LogP contribution is -2.50. The molecular weight excluding hydrogens is 256 g/mol. The van der Waals surface area contributed by atoms with Crippen molar-refractivity contribution in [2.45, 2.75) is 78.7 Å². The second kappa shape index (κ2) is 7.00. The molecule has 0 amide bonds. The highest BCUT2D eigenvalue weighted by molar-refractivity contribution is 4.93. The summed E-state index contributed by atoms with van der Waals surface area (Å²) in [4.78, 5) is 2.77. The Morgan fingerprint density at radius 3 is 2.57 bits per heavy atom. The van der Waals surface area contributed by atoms with Crippen LogP contribution in [-0.4, -0.2) is 36.6 Å². The number of hydrogen-bond acceptors (Lipinski definition) is 2. The lowest BCUT2D eigenvalue weighted by molar-refractivity contribution is 0.0823. The van der Waals surface area contributed by atoms with Gasteiger partial charge in [-0.25, -0.2) is 0 Å². The fourth-order valence-electron chi connectivity index (χ4n) is 4.45. The molecule has 0 aromatic carbocycles. The molecule has 2 heteroatoms. The van der Waals surface area contributed by atoms with E-state index in [1.54, 1.807) is 0 Å². The lowest BCUT2D eigenvalue weighted by Gasteiger charge is -2.44. The predicted octanol–water partition coefficient (Wildman–Crippen LogP) is 4.30. The minimum atomic E-state index is 0.241. The molecule has 0 aromatic rings. The van der Waals surface area contributed by atoms with Crippen molar-refractivity contribution in [1.29, 1.82) is 0 Å². The van der Waals surface area contributed by atoms with Gasteiger partial charge in [-0.1, -0.05) is 33.1 Å². The van der Waals surface area contributed by atoms with Gasteiger partial charge >= 0.3 is 0 Å². The van der Waals surface area contributed by atoms with Gasteiger partial charge in [0.15, 0.2) is 0 Å². The first kappa shape index (κ1) is 17.3. The fraction of sp³-hybridized carbons (Fsp3) is 1.00. The van der Waals surface area contributed by atoms with E-state index in [0.29, 0.717) is 5.41 Å². The van der Waals surface area contributed by atoms with Crippen molar-refractivity contribution in [3.8, 4) is 0 Å². The molecule has 0 bridgehead atoms. The Hall–Kier alpha value is -0.0800. The van der Waals surface area contributed by atoms with E-state index in [9.17, 15) is 0 Å². The molecule has 1 saturated carbocycles. The normalized spacial score (nSPS) is 35.3. The summed E-state index contributed by atoms with van der Waals surface area (Å²) in [6.07, 6.45) is 8.50. The number of nitrogens with one attached hydrogen (secondary N) is 1. The smallest absolute Gasteiger partial charge is 0.00967 e. The first-order valence-corrected chi connectivity index (χ1v) is 9.29. The Kier molecular flexibility index (Phi) is 5.76. The van der Waals surface area contributed by atoms with Gasteiger partial charge in [-0.2, -0.15) is 0 Å². The maximum absolute atomic E-state index is 3.83. The summed E-state index contributed by atoms with van der Waals surface area (Å²) in [6.45, 7) is 16.9. The van der Waals surface area contributed by atoms with Crippen LogP contribution in [0.3, 0.4) is 0 Å². The summed E-state index contributed by atoms with van der Waals surface area (Å²) in [5, 5.41) is 3.83. The van der Waals surface area contributed by atoms with E-state index in [0.717, 1.165) is 11.8 Å². The van der Waals surface area contributed by atoms with Crippen molar-refractivity contribution < 1.29 is 0 Å². The standard InChI is InChI=1S/C19H38N2/c1-6-17-9-11-21(13-17)15-19(14-20-18(3,4)5)10-7-8-16(2)12-19/h16-17,20H,6-15H2,1-5H3. The summed E-state index contributed by atoms with van der Waals surface area (Å²) in [5.41, 5.74) is 0.762. The van der Waals surface area contributed by atoms with Gasteiger partial charge in [-0.3, -0.25) is 0 Å². The number of rotatable bonds is 5. The Morgan fingerprint density at radius 2 is 2.00 bits per heavy atom. The van der Waals surface area contributed by atoms with Gasteiger partial charge < -0.3 is 10.2 Å². The molecule has 21 heavy (non-hydrogen) atoms. The van der Waals surface area contributed by atoms with Gasteiger partial charge in [0.05, 0.1) is 0 Å². The van der Waals surface area contributed by atoms with E-state index in [1.807, 2.05) is 0 Å². The number of nitrogens with zero attached hydrogens (tertiary/aromatic N) is 1. The van der Waals surface area contributed by atoms with Gasteiger partial charge in [0.2, 0.25) is 0 Å². The van der Waals surface area contributed by atoms with Crippen molar-refractivity contribution >= 4 is 0 Å². The molecule has 3 atom stereocenters. The minimum absolute atomic E-state index is 0.241.